The van der Waals surface area contributed by atoms with E-state index in [1.54, 1.807) is 29.3 Å². The van der Waals surface area contributed by atoms with Gasteiger partial charge in [0.2, 0.25) is 0 Å². The maximum absolute atomic E-state index is 12.5. The number of imidazole rings is 1. The average Bonchev–Trinajstić information content (AvgIpc) is 3.17. The molecule has 0 fully saturated rings. The molecule has 2 aliphatic heterocycles. The molecule has 5 nitrogen and oxygen atoms in total. The molecule has 0 unspecified atom stereocenters. The summed E-state index contributed by atoms with van der Waals surface area (Å²) >= 11 is 0. The Morgan fingerprint density at radius 2 is 2.00 bits per heavy atom. The molecule has 0 atom stereocenters. The Balaban J connectivity index is 1.79. The number of rotatable bonds is 3. The van der Waals surface area contributed by atoms with Gasteiger partial charge in [0.1, 0.15) is 11.5 Å². The highest BCUT2D eigenvalue weighted by Gasteiger charge is 2.16. The SMILES string of the molecule is O=c1c(Cc2ccco2)nc2c[nH]c(-c3ccccc3)cn1-2. The largest absolute Gasteiger partial charge is 0.469 e. The van der Waals surface area contributed by atoms with E-state index >= 15 is 0 Å². The third-order valence-corrected chi connectivity index (χ3v) is 3.58. The molecule has 5 heteroatoms. The molecule has 0 saturated heterocycles. The van der Waals surface area contributed by atoms with E-state index in [1.807, 2.05) is 36.4 Å². The Kier molecular flexibility index (Phi) is 2.89. The van der Waals surface area contributed by atoms with Crippen LogP contribution < -0.4 is 5.56 Å². The van der Waals surface area contributed by atoms with Crippen molar-refractivity contribution in [1.82, 2.24) is 14.5 Å². The Hall–Kier alpha value is -3.08. The summed E-state index contributed by atoms with van der Waals surface area (Å²) in [6.07, 6.45) is 5.52. The molecule has 2 aliphatic rings. The van der Waals surface area contributed by atoms with E-state index in [9.17, 15) is 4.79 Å². The molecule has 0 aliphatic carbocycles. The molecule has 108 valence electrons. The van der Waals surface area contributed by atoms with Gasteiger partial charge in [-0.05, 0) is 17.7 Å². The van der Waals surface area contributed by atoms with E-state index in [0.29, 0.717) is 17.9 Å². The summed E-state index contributed by atoms with van der Waals surface area (Å²) in [4.78, 5) is 20.0. The number of aromatic nitrogens is 3. The second-order valence-corrected chi connectivity index (χ2v) is 5.05. The minimum Gasteiger partial charge on any atom is -0.469 e. The molecular formula is C17H13N3O2. The lowest BCUT2D eigenvalue weighted by Crippen LogP contribution is -2.15. The predicted octanol–water partition coefficient (Wildman–Crippen LogP) is 2.85. The zero-order valence-electron chi connectivity index (χ0n) is 11.7. The Bertz CT molecular complexity index is 920. The number of hydrogen-bond donors (Lipinski definition) is 1. The standard InChI is InChI=1S/C17H13N3O2/c21-17-14(9-13-7-4-8-22-13)19-16-10-18-15(11-20(16)17)12-5-2-1-3-6-12/h1-8,10-11,18H,9H2. The number of benzene rings is 1. The van der Waals surface area contributed by atoms with Crippen LogP contribution in [0.4, 0.5) is 0 Å². The minimum atomic E-state index is -0.113. The number of furan rings is 1. The van der Waals surface area contributed by atoms with E-state index in [-0.39, 0.29) is 5.56 Å². The molecule has 4 rings (SSSR count). The van der Waals surface area contributed by atoms with Gasteiger partial charge in [0.15, 0.2) is 5.82 Å². The van der Waals surface area contributed by atoms with Crippen LogP contribution in [0.5, 0.6) is 0 Å². The quantitative estimate of drug-likeness (QED) is 0.631. The molecule has 3 heterocycles. The van der Waals surface area contributed by atoms with Gasteiger partial charge in [-0.3, -0.25) is 9.36 Å². The maximum Gasteiger partial charge on any atom is 0.278 e. The van der Waals surface area contributed by atoms with Gasteiger partial charge in [-0.15, -0.1) is 0 Å². The van der Waals surface area contributed by atoms with Crippen LogP contribution in [-0.2, 0) is 6.42 Å². The summed E-state index contributed by atoms with van der Waals surface area (Å²) in [5, 5.41) is 0. The normalized spacial score (nSPS) is 11.1. The van der Waals surface area contributed by atoms with Crippen LogP contribution in [0.25, 0.3) is 17.1 Å². The van der Waals surface area contributed by atoms with Crippen molar-refractivity contribution in [1.29, 1.82) is 0 Å². The fourth-order valence-corrected chi connectivity index (χ4v) is 2.49. The predicted molar refractivity (Wildman–Crippen MR) is 82.3 cm³/mol. The van der Waals surface area contributed by atoms with Gasteiger partial charge in [-0.1, -0.05) is 30.3 Å². The first-order chi connectivity index (χ1) is 10.8. The van der Waals surface area contributed by atoms with Crippen molar-refractivity contribution in [2.75, 3.05) is 0 Å². The van der Waals surface area contributed by atoms with Crippen LogP contribution in [0.15, 0.2) is 70.3 Å². The van der Waals surface area contributed by atoms with Gasteiger partial charge in [-0.25, -0.2) is 4.98 Å². The van der Waals surface area contributed by atoms with E-state index in [0.717, 1.165) is 17.0 Å². The van der Waals surface area contributed by atoms with Crippen molar-refractivity contribution in [2.45, 2.75) is 6.42 Å². The highest BCUT2D eigenvalue weighted by Crippen LogP contribution is 2.18. The number of fused-ring (bicyclic) bond motifs is 1. The molecule has 0 spiro atoms. The average molecular weight is 291 g/mol. The fourth-order valence-electron chi connectivity index (χ4n) is 2.49. The minimum absolute atomic E-state index is 0.113. The first-order valence-corrected chi connectivity index (χ1v) is 6.99. The van der Waals surface area contributed by atoms with Crippen LogP contribution in [0.2, 0.25) is 0 Å². The van der Waals surface area contributed by atoms with Crippen molar-refractivity contribution in [2.24, 2.45) is 0 Å². The molecule has 0 amide bonds. The Morgan fingerprint density at radius 3 is 2.77 bits per heavy atom. The van der Waals surface area contributed by atoms with E-state index in [4.69, 9.17) is 4.42 Å². The van der Waals surface area contributed by atoms with Crippen molar-refractivity contribution < 1.29 is 4.42 Å². The molecule has 1 N–H and O–H groups in total. The van der Waals surface area contributed by atoms with Gasteiger partial charge < -0.3 is 9.40 Å². The molecule has 22 heavy (non-hydrogen) atoms. The lowest BCUT2D eigenvalue weighted by atomic mass is 10.2. The smallest absolute Gasteiger partial charge is 0.278 e. The van der Waals surface area contributed by atoms with Crippen LogP contribution in [0, 0.1) is 0 Å². The number of hydrogen-bond acceptors (Lipinski definition) is 3. The Morgan fingerprint density at radius 1 is 1.14 bits per heavy atom. The second-order valence-electron chi connectivity index (χ2n) is 5.05. The van der Waals surface area contributed by atoms with Crippen LogP contribution in [0.3, 0.4) is 0 Å². The highest BCUT2D eigenvalue weighted by molar-refractivity contribution is 5.58. The van der Waals surface area contributed by atoms with Crippen LogP contribution in [-0.4, -0.2) is 14.5 Å². The molecule has 2 aromatic rings. The fraction of sp³-hybridized carbons (Fsp3) is 0.0588. The number of nitrogens with zero attached hydrogens (tertiary/aromatic N) is 2. The Labute approximate surface area is 126 Å². The summed E-state index contributed by atoms with van der Waals surface area (Å²) in [5.41, 5.74) is 2.25. The zero-order valence-corrected chi connectivity index (χ0v) is 11.7. The van der Waals surface area contributed by atoms with E-state index in [2.05, 4.69) is 9.97 Å². The molecular weight excluding hydrogens is 278 g/mol. The summed E-state index contributed by atoms with van der Waals surface area (Å²) in [6.45, 7) is 0. The van der Waals surface area contributed by atoms with E-state index in [1.165, 1.54) is 0 Å². The number of nitrogens with one attached hydrogen (secondary N) is 1. The summed E-state index contributed by atoms with van der Waals surface area (Å²) in [7, 11) is 0. The summed E-state index contributed by atoms with van der Waals surface area (Å²) in [6, 6.07) is 13.5. The highest BCUT2D eigenvalue weighted by atomic mass is 16.3. The van der Waals surface area contributed by atoms with Crippen molar-refractivity contribution >= 4 is 0 Å². The summed E-state index contributed by atoms with van der Waals surface area (Å²) in [5.74, 6) is 1.33. The number of H-pyrrole nitrogens is 1. The van der Waals surface area contributed by atoms with Crippen molar-refractivity contribution in [3.8, 4) is 17.1 Å². The third-order valence-electron chi connectivity index (χ3n) is 3.58. The zero-order chi connectivity index (χ0) is 14.9. The second kappa shape index (κ2) is 5.04. The van der Waals surface area contributed by atoms with Crippen LogP contribution in [0.1, 0.15) is 11.5 Å². The lowest BCUT2D eigenvalue weighted by Gasteiger charge is -2.05. The molecule has 1 aromatic heterocycles. The van der Waals surface area contributed by atoms with Crippen LogP contribution >= 0.6 is 0 Å². The van der Waals surface area contributed by atoms with Gasteiger partial charge in [0.25, 0.3) is 5.56 Å². The topological polar surface area (TPSA) is 63.8 Å². The molecule has 0 radical (unpaired) electrons. The van der Waals surface area contributed by atoms with Crippen molar-refractivity contribution in [3.05, 3.63) is 82.9 Å². The number of aromatic amines is 1. The van der Waals surface area contributed by atoms with Gasteiger partial charge in [0.05, 0.1) is 18.4 Å². The maximum atomic E-state index is 12.5. The third kappa shape index (κ3) is 2.13. The van der Waals surface area contributed by atoms with Gasteiger partial charge >= 0.3 is 0 Å². The monoisotopic (exact) mass is 291 g/mol. The first-order valence-electron chi connectivity index (χ1n) is 6.99. The van der Waals surface area contributed by atoms with Gasteiger partial charge in [0, 0.05) is 12.4 Å². The van der Waals surface area contributed by atoms with Crippen molar-refractivity contribution in [3.63, 3.8) is 0 Å². The summed E-state index contributed by atoms with van der Waals surface area (Å²) < 4.78 is 6.85. The first kappa shape index (κ1) is 12.6. The molecule has 0 saturated carbocycles. The molecule has 0 bridgehead atoms. The van der Waals surface area contributed by atoms with Gasteiger partial charge in [-0.2, -0.15) is 0 Å². The van der Waals surface area contributed by atoms with E-state index < -0.39 is 0 Å². The lowest BCUT2D eigenvalue weighted by molar-refractivity contribution is 0.519. The molecule has 1 aromatic carbocycles.